The Morgan fingerprint density at radius 2 is 1.10 bits per heavy atom. The third-order valence-electron chi connectivity index (χ3n) is 7.60. The third kappa shape index (κ3) is 5.79. The number of aromatic nitrogens is 6. The second-order valence-corrected chi connectivity index (χ2v) is 12.6. The number of alkyl halides is 3. The molecule has 9 nitrogen and oxygen atoms in total. The van der Waals surface area contributed by atoms with Crippen LogP contribution in [0, 0.1) is 13.8 Å². The zero-order chi connectivity index (χ0) is 33.6. The summed E-state index contributed by atoms with van der Waals surface area (Å²) in [6.07, 6.45) is 0. The van der Waals surface area contributed by atoms with Crippen LogP contribution in [0.3, 0.4) is 0 Å². The van der Waals surface area contributed by atoms with Gasteiger partial charge in [0.15, 0.2) is 5.75 Å². The van der Waals surface area contributed by atoms with Crippen LogP contribution in [0.15, 0.2) is 115 Å². The highest BCUT2D eigenvalue weighted by atomic mass is 32.2. The normalized spacial score (nSPS) is 12.0. The van der Waals surface area contributed by atoms with Gasteiger partial charge in [-0.2, -0.15) is 21.6 Å². The number of hydrogen-bond acceptors (Lipinski definition) is 7. The van der Waals surface area contributed by atoms with E-state index < -0.39 is 21.4 Å². The summed E-state index contributed by atoms with van der Waals surface area (Å²) in [4.78, 5) is 2.82. The molecule has 0 N–H and O–H groups in total. The Morgan fingerprint density at radius 1 is 0.583 bits per heavy atom. The Balaban J connectivity index is 0.000000160. The molecule has 0 atom stereocenters. The largest absolute Gasteiger partial charge is 0.534 e. The number of aryl methyl sites for hydroxylation is 2. The van der Waals surface area contributed by atoms with Gasteiger partial charge in [0, 0.05) is 10.8 Å². The van der Waals surface area contributed by atoms with Crippen LogP contribution in [0.4, 0.5) is 13.2 Å². The lowest BCUT2D eigenvalue weighted by Crippen LogP contribution is -2.28. The first kappa shape index (κ1) is 30.8. The van der Waals surface area contributed by atoms with Crippen LogP contribution in [0.2, 0.25) is 0 Å². The summed E-state index contributed by atoms with van der Waals surface area (Å²) in [5.41, 5.74) is 0.435. The summed E-state index contributed by atoms with van der Waals surface area (Å²) in [5.74, 6) is -0.520. The van der Waals surface area contributed by atoms with E-state index in [9.17, 15) is 21.6 Å². The summed E-state index contributed by atoms with van der Waals surface area (Å²) in [6, 6.07) is 35.3. The second-order valence-electron chi connectivity index (χ2n) is 11.1. The quantitative estimate of drug-likeness (QED) is 0.139. The van der Waals surface area contributed by atoms with Crippen LogP contribution in [-0.2, 0) is 10.1 Å². The Hall–Kier alpha value is -5.82. The van der Waals surface area contributed by atoms with Crippen molar-refractivity contribution in [3.63, 3.8) is 0 Å². The molecule has 0 spiro atoms. The summed E-state index contributed by atoms with van der Waals surface area (Å²) < 4.78 is 66.0. The number of hydrogen-bond donors (Lipinski definition) is 0. The van der Waals surface area contributed by atoms with Crippen LogP contribution in [-0.4, -0.2) is 43.9 Å². The van der Waals surface area contributed by atoms with E-state index in [0.717, 1.165) is 38.5 Å². The lowest BCUT2D eigenvalue weighted by atomic mass is 10.1. The van der Waals surface area contributed by atoms with Crippen LogP contribution in [0.1, 0.15) is 11.1 Å². The molecule has 2 heterocycles. The van der Waals surface area contributed by atoms with Gasteiger partial charge >= 0.3 is 15.6 Å². The van der Waals surface area contributed by atoms with Gasteiger partial charge in [0.05, 0.1) is 5.69 Å². The van der Waals surface area contributed by atoms with Gasteiger partial charge in [-0.15, -0.1) is 30.0 Å². The van der Waals surface area contributed by atoms with E-state index in [1.807, 2.05) is 43.3 Å². The number of nitrogens with zero attached hydrogens (tertiary/aromatic N) is 6. The SMILES string of the molecule is Cc1ccc2nn(-c3c(OS(=O)(=O)C(F)(F)F)ccc4ccccc34)nc2c1.Cc1ccc2nn(-c3cccc4ccccc34)nc2c1. The Labute approximate surface area is 271 Å². The van der Waals surface area contributed by atoms with E-state index >= 15 is 0 Å². The standard InChI is InChI=1S/C18H12F3N3O3S.C17H13N3/c1-11-6-8-14-15(10-11)23-24(22-14)17-13-5-3-2-4-12(13)7-9-16(17)27-28(25,26)18(19,20)21;1-12-9-10-15-16(11-12)19-20(18-15)17-8-4-6-13-5-2-3-7-14(13)17/h2-10H,1H3;2-11H,1H3. The number of rotatable bonds is 4. The molecule has 8 rings (SSSR count). The molecule has 0 radical (unpaired) electrons. The van der Waals surface area contributed by atoms with Crippen molar-refractivity contribution in [1.82, 2.24) is 30.0 Å². The lowest BCUT2D eigenvalue weighted by molar-refractivity contribution is -0.0500. The van der Waals surface area contributed by atoms with E-state index in [-0.39, 0.29) is 5.69 Å². The molecule has 8 aromatic rings. The van der Waals surface area contributed by atoms with Crippen LogP contribution in [0.25, 0.3) is 55.0 Å². The van der Waals surface area contributed by atoms with Gasteiger partial charge in [0.1, 0.15) is 27.8 Å². The first-order chi connectivity index (χ1) is 23.0. The van der Waals surface area contributed by atoms with Crippen molar-refractivity contribution in [2.45, 2.75) is 19.4 Å². The molecule has 0 bridgehead atoms. The van der Waals surface area contributed by atoms with Gasteiger partial charge in [0.25, 0.3) is 0 Å². The molecule has 0 saturated carbocycles. The first-order valence-corrected chi connectivity index (χ1v) is 16.1. The van der Waals surface area contributed by atoms with Gasteiger partial charge in [-0.1, -0.05) is 78.9 Å². The Kier molecular flexibility index (Phi) is 7.55. The highest BCUT2D eigenvalue weighted by Crippen LogP contribution is 2.35. The minimum atomic E-state index is -5.86. The zero-order valence-electron chi connectivity index (χ0n) is 25.4. The van der Waals surface area contributed by atoms with E-state index in [1.54, 1.807) is 41.2 Å². The average molecular weight is 667 g/mol. The van der Waals surface area contributed by atoms with Gasteiger partial charge in [-0.05, 0) is 72.1 Å². The predicted molar refractivity (Wildman–Crippen MR) is 178 cm³/mol. The fraction of sp³-hybridized carbons (Fsp3) is 0.0857. The molecule has 0 amide bonds. The highest BCUT2D eigenvalue weighted by Gasteiger charge is 2.49. The zero-order valence-corrected chi connectivity index (χ0v) is 26.2. The maximum absolute atomic E-state index is 12.8. The number of benzene rings is 6. The van der Waals surface area contributed by atoms with Crippen molar-refractivity contribution < 1.29 is 25.8 Å². The maximum atomic E-state index is 12.8. The second kappa shape index (κ2) is 11.8. The van der Waals surface area contributed by atoms with Crippen molar-refractivity contribution in [2.24, 2.45) is 0 Å². The van der Waals surface area contributed by atoms with E-state index in [4.69, 9.17) is 0 Å². The predicted octanol–water partition coefficient (Wildman–Crippen LogP) is 7.99. The maximum Gasteiger partial charge on any atom is 0.534 e. The molecule has 0 unspecified atom stereocenters. The van der Waals surface area contributed by atoms with Gasteiger partial charge < -0.3 is 4.18 Å². The fourth-order valence-electron chi connectivity index (χ4n) is 5.31. The third-order valence-corrected chi connectivity index (χ3v) is 8.57. The molecular formula is C35H25F3N6O3S. The van der Waals surface area contributed by atoms with Crippen LogP contribution in [0.5, 0.6) is 5.75 Å². The van der Waals surface area contributed by atoms with Crippen molar-refractivity contribution in [1.29, 1.82) is 0 Å². The average Bonchev–Trinajstić information content (AvgIpc) is 3.67. The summed E-state index contributed by atoms with van der Waals surface area (Å²) in [7, 11) is -5.86. The summed E-state index contributed by atoms with van der Waals surface area (Å²) in [6.45, 7) is 3.93. The molecule has 240 valence electrons. The molecule has 0 aliphatic heterocycles. The molecule has 2 aromatic heterocycles. The molecule has 0 fully saturated rings. The van der Waals surface area contributed by atoms with E-state index in [1.165, 1.54) is 17.0 Å². The minimum Gasteiger partial charge on any atom is -0.374 e. The van der Waals surface area contributed by atoms with Crippen LogP contribution >= 0.6 is 0 Å². The Bertz CT molecular complexity index is 2590. The topological polar surface area (TPSA) is 105 Å². The van der Waals surface area contributed by atoms with Crippen LogP contribution < -0.4 is 4.18 Å². The van der Waals surface area contributed by atoms with Gasteiger partial charge in [0.2, 0.25) is 0 Å². The highest BCUT2D eigenvalue weighted by molar-refractivity contribution is 7.88. The summed E-state index contributed by atoms with van der Waals surface area (Å²) in [5, 5.41) is 21.2. The number of halogens is 3. The molecule has 0 aliphatic rings. The molecule has 13 heteroatoms. The van der Waals surface area contributed by atoms with Gasteiger partial charge in [-0.3, -0.25) is 0 Å². The smallest absolute Gasteiger partial charge is 0.374 e. The molecule has 48 heavy (non-hydrogen) atoms. The monoisotopic (exact) mass is 666 g/mol. The number of fused-ring (bicyclic) bond motifs is 4. The molecular weight excluding hydrogens is 641 g/mol. The van der Waals surface area contributed by atoms with E-state index in [2.05, 4.69) is 61.8 Å². The van der Waals surface area contributed by atoms with Crippen molar-refractivity contribution >= 4 is 53.7 Å². The van der Waals surface area contributed by atoms with Gasteiger partial charge in [-0.25, -0.2) is 0 Å². The summed E-state index contributed by atoms with van der Waals surface area (Å²) >= 11 is 0. The molecule has 0 saturated heterocycles. The molecule has 0 aliphatic carbocycles. The van der Waals surface area contributed by atoms with Crippen molar-refractivity contribution in [3.8, 4) is 17.1 Å². The first-order valence-electron chi connectivity index (χ1n) is 14.7. The van der Waals surface area contributed by atoms with Crippen molar-refractivity contribution in [3.05, 3.63) is 126 Å². The minimum absolute atomic E-state index is 0.000205. The van der Waals surface area contributed by atoms with E-state index in [0.29, 0.717) is 21.8 Å². The fourth-order valence-corrected chi connectivity index (χ4v) is 5.78. The molecule has 6 aromatic carbocycles. The lowest BCUT2D eigenvalue weighted by Gasteiger charge is -2.14. The Morgan fingerprint density at radius 3 is 1.75 bits per heavy atom. The van der Waals surface area contributed by atoms with Crippen molar-refractivity contribution in [2.75, 3.05) is 0 Å².